The molecule has 0 spiro atoms. The second kappa shape index (κ2) is 22.2. The molecule has 0 saturated heterocycles. The molecule has 6 radical (unpaired) electrons. The maximum Gasteiger partial charge on any atom is 2.00 e. The number of aliphatic carboxylic acids is 6. The first-order chi connectivity index (χ1) is 11.8. The van der Waals surface area contributed by atoms with E-state index in [2.05, 4.69) is 0 Å². The summed E-state index contributed by atoms with van der Waals surface area (Å²) in [4.78, 5) is 61.2. The van der Waals surface area contributed by atoms with E-state index in [4.69, 9.17) is 0 Å². The van der Waals surface area contributed by atoms with Gasteiger partial charge >= 0.3 is 81.9 Å². The number of carboxylic acid groups (broad SMARTS) is 6. The third-order valence-electron chi connectivity index (χ3n) is 2.12. The van der Waals surface area contributed by atoms with Gasteiger partial charge in [0.15, 0.2) is 0 Å². The van der Waals surface area contributed by atoms with Crippen LogP contribution in [0.4, 0.5) is 0 Å². The summed E-state index contributed by atoms with van der Waals surface area (Å²) in [7, 11) is 0. The molecule has 0 rings (SSSR count). The van der Waals surface area contributed by atoms with Crippen LogP contribution in [0.3, 0.4) is 0 Å². The van der Waals surface area contributed by atoms with E-state index in [1.165, 1.54) is 0 Å². The van der Waals surface area contributed by atoms with Gasteiger partial charge in [0.2, 0.25) is 0 Å². The summed E-state index contributed by atoms with van der Waals surface area (Å²) in [5, 5.41) is 60.0. The molecule has 154 valence electrons. The van der Waals surface area contributed by atoms with Crippen LogP contribution in [0, 0.1) is 0 Å². The number of carboxylic acids is 6. The maximum atomic E-state index is 9.99. The van der Waals surface area contributed by atoms with Crippen molar-refractivity contribution in [2.75, 3.05) is 39.3 Å². The van der Waals surface area contributed by atoms with E-state index in [1.54, 1.807) is 0 Å². The van der Waals surface area contributed by atoms with Gasteiger partial charge < -0.3 is 59.4 Å². The Kier molecular flexibility index (Phi) is 29.9. The predicted molar refractivity (Wildman–Crippen MR) is 80.2 cm³/mol. The van der Waals surface area contributed by atoms with E-state index in [1.807, 2.05) is 0 Å². The average molecular weight is 998 g/mol. The first-order valence-electron chi connectivity index (χ1n) is 6.47. The van der Waals surface area contributed by atoms with E-state index < -0.39 is 75.1 Å². The number of rotatable bonds is 12. The van der Waals surface area contributed by atoms with Gasteiger partial charge in [0.25, 0.3) is 0 Å². The van der Waals surface area contributed by atoms with Crippen LogP contribution < -0.4 is 30.6 Å². The molecule has 29 heavy (non-hydrogen) atoms. The van der Waals surface area contributed by atoms with Crippen LogP contribution >= 0.6 is 0 Å². The van der Waals surface area contributed by atoms with Gasteiger partial charge in [-0.1, -0.05) is 0 Å². The third kappa shape index (κ3) is 32.4. The van der Waals surface area contributed by atoms with Crippen molar-refractivity contribution in [2.24, 2.45) is 0 Å². The van der Waals surface area contributed by atoms with Crippen molar-refractivity contribution in [2.45, 2.75) is 0 Å². The Morgan fingerprint density at radius 2 is 0.483 bits per heavy atom. The van der Waals surface area contributed by atoms with Crippen LogP contribution in [0.25, 0.3) is 0 Å². The molecule has 0 bridgehead atoms. The Bertz CT molecular complexity index is 436. The van der Waals surface area contributed by atoms with E-state index in [0.29, 0.717) is 9.80 Å². The van der Waals surface area contributed by atoms with E-state index in [9.17, 15) is 59.4 Å². The minimum Gasteiger partial charge on any atom is -0.549 e. The summed E-state index contributed by atoms with van der Waals surface area (Å²) < 4.78 is 0. The third-order valence-corrected chi connectivity index (χ3v) is 2.12. The zero-order chi connectivity index (χ0) is 20.9. The number of carbonyl (C=O) groups is 6. The summed E-state index contributed by atoms with van der Waals surface area (Å²) >= 11 is 0. The molecule has 0 N–H and O–H groups in total. The quantitative estimate of drug-likeness (QED) is 0.165. The molecular formula is C12H12N2O12Pb3. The molecule has 0 fully saturated rings. The summed E-state index contributed by atoms with van der Waals surface area (Å²) in [6.45, 7) is -4.74. The number of hydrogen-bond donors (Lipinski definition) is 0. The summed E-state index contributed by atoms with van der Waals surface area (Å²) in [5.41, 5.74) is 0. The van der Waals surface area contributed by atoms with Crippen molar-refractivity contribution in [1.82, 2.24) is 9.80 Å². The molecule has 17 heteroatoms. The second-order valence-corrected chi connectivity index (χ2v) is 4.52. The fourth-order valence-electron chi connectivity index (χ4n) is 1.43. The second-order valence-electron chi connectivity index (χ2n) is 4.52. The number of nitrogens with zero attached hydrogens (tertiary/aromatic N) is 2. The Morgan fingerprint density at radius 1 is 0.379 bits per heavy atom. The summed E-state index contributed by atoms with van der Waals surface area (Å²) in [5.74, 6) is -9.40. The number of hydrogen-bond acceptors (Lipinski definition) is 14. The molecule has 0 aromatic rings. The largest absolute Gasteiger partial charge is 2.00 e. The molecule has 0 aliphatic heterocycles. The average Bonchev–Trinajstić information content (AvgIpc) is 2.33. The SMILES string of the molecule is O=C([O-])CN(CC(=O)[O-])CC(=O)[O-].O=C([O-])CN(CC(=O)[O-])CC(=O)[O-].[Pb+2].[Pb+2].[Pb+2]. The van der Waals surface area contributed by atoms with E-state index >= 15 is 0 Å². The fourth-order valence-corrected chi connectivity index (χ4v) is 1.43. The molecule has 0 unspecified atom stereocenters. The first-order valence-corrected chi connectivity index (χ1v) is 6.47. The van der Waals surface area contributed by atoms with Crippen molar-refractivity contribution < 1.29 is 59.4 Å². The van der Waals surface area contributed by atoms with Crippen LogP contribution in [0.5, 0.6) is 0 Å². The van der Waals surface area contributed by atoms with Gasteiger partial charge in [0.05, 0.1) is 35.8 Å². The van der Waals surface area contributed by atoms with Gasteiger partial charge in [-0.15, -0.1) is 0 Å². The first kappa shape index (κ1) is 39.0. The molecule has 0 saturated carbocycles. The zero-order valence-corrected chi connectivity index (χ0v) is 26.2. The van der Waals surface area contributed by atoms with Crippen molar-refractivity contribution in [1.29, 1.82) is 0 Å². The van der Waals surface area contributed by atoms with Crippen molar-refractivity contribution >= 4 is 118 Å². The Labute approximate surface area is 224 Å². The van der Waals surface area contributed by atoms with Gasteiger partial charge in [-0.2, -0.15) is 0 Å². The molecule has 14 nitrogen and oxygen atoms in total. The monoisotopic (exact) mass is 1000 g/mol. The van der Waals surface area contributed by atoms with Crippen LogP contribution in [-0.4, -0.2) is 167 Å². The van der Waals surface area contributed by atoms with Crippen LogP contribution in [0.2, 0.25) is 0 Å². The molecule has 0 atom stereocenters. The van der Waals surface area contributed by atoms with E-state index in [-0.39, 0.29) is 81.9 Å². The molecular weight excluding hydrogens is 986 g/mol. The van der Waals surface area contributed by atoms with Gasteiger partial charge in [-0.25, -0.2) is 0 Å². The van der Waals surface area contributed by atoms with Crippen molar-refractivity contribution in [3.63, 3.8) is 0 Å². The van der Waals surface area contributed by atoms with Gasteiger partial charge in [-0.3, -0.25) is 9.80 Å². The smallest absolute Gasteiger partial charge is 0.549 e. The van der Waals surface area contributed by atoms with Gasteiger partial charge in [-0.05, 0) is 0 Å². The Balaban J connectivity index is -0.000000120. The molecule has 0 aliphatic rings. The summed E-state index contributed by atoms with van der Waals surface area (Å²) in [6.07, 6.45) is 0. The van der Waals surface area contributed by atoms with E-state index in [0.717, 1.165) is 0 Å². The van der Waals surface area contributed by atoms with Crippen LogP contribution in [-0.2, 0) is 28.8 Å². The van der Waals surface area contributed by atoms with Crippen molar-refractivity contribution in [3.05, 3.63) is 0 Å². The standard InChI is InChI=1S/2C6H9NO6.3Pb/c2*8-4(9)1-7(2-5(10)11)3-6(12)13;;;/h2*1-3H2,(H,8,9)(H,10,11)(H,12,13);;;/q;;3*+2/p-6. The maximum absolute atomic E-state index is 9.99. The molecule has 0 heterocycles. The predicted octanol–water partition coefficient (Wildman–Crippen LogP) is -12.1. The molecule has 0 aliphatic carbocycles. The van der Waals surface area contributed by atoms with Gasteiger partial charge in [0, 0.05) is 39.3 Å². The van der Waals surface area contributed by atoms with Crippen molar-refractivity contribution in [3.8, 4) is 0 Å². The Hall–Kier alpha value is -0.494. The summed E-state index contributed by atoms with van der Waals surface area (Å²) in [6, 6.07) is 0. The van der Waals surface area contributed by atoms with Gasteiger partial charge in [0.1, 0.15) is 0 Å². The number of carbonyl (C=O) groups excluding carboxylic acids is 6. The normalized spacial score (nSPS) is 8.90. The van der Waals surface area contributed by atoms with Crippen LogP contribution in [0.1, 0.15) is 0 Å². The zero-order valence-electron chi connectivity index (χ0n) is 14.5. The fraction of sp³-hybridized carbons (Fsp3) is 0.500. The molecule has 0 aromatic carbocycles. The topological polar surface area (TPSA) is 247 Å². The Morgan fingerprint density at radius 3 is 0.552 bits per heavy atom. The molecule has 0 aromatic heterocycles. The molecule has 0 amide bonds. The minimum atomic E-state index is -1.57. The van der Waals surface area contributed by atoms with Crippen LogP contribution in [0.15, 0.2) is 0 Å². The minimum absolute atomic E-state index is 0.